The third-order valence-electron chi connectivity index (χ3n) is 4.17. The van der Waals surface area contributed by atoms with Crippen LogP contribution in [0.1, 0.15) is 46.0 Å². The normalized spacial score (nSPS) is 13.7. The molecule has 6 heteroatoms. The van der Waals surface area contributed by atoms with Crippen LogP contribution >= 0.6 is 0 Å². The molecule has 0 atom stereocenters. The Morgan fingerprint density at radius 3 is 2.83 bits per heavy atom. The molecular formula is C17H21N3O3. The van der Waals surface area contributed by atoms with E-state index in [9.17, 15) is 9.59 Å². The first-order chi connectivity index (χ1) is 11.0. The van der Waals surface area contributed by atoms with Crippen LogP contribution in [0.3, 0.4) is 0 Å². The summed E-state index contributed by atoms with van der Waals surface area (Å²) in [6, 6.07) is 3.40. The van der Waals surface area contributed by atoms with E-state index in [0.717, 1.165) is 36.9 Å². The Morgan fingerprint density at radius 1 is 1.30 bits per heavy atom. The molecule has 2 aromatic rings. The SMILES string of the molecule is Cc1cc(C(=O)NCCn2nc3c(cc2=O)CCCC3)c(C)o1. The van der Waals surface area contributed by atoms with Gasteiger partial charge >= 0.3 is 0 Å². The molecule has 6 nitrogen and oxygen atoms in total. The molecule has 0 aliphatic heterocycles. The third-order valence-corrected chi connectivity index (χ3v) is 4.17. The van der Waals surface area contributed by atoms with Crippen molar-refractivity contribution >= 4 is 5.91 Å². The Balaban J connectivity index is 1.64. The summed E-state index contributed by atoms with van der Waals surface area (Å²) in [4.78, 5) is 24.2. The maximum atomic E-state index is 12.1. The summed E-state index contributed by atoms with van der Waals surface area (Å²) in [6.45, 7) is 4.29. The van der Waals surface area contributed by atoms with Crippen LogP contribution in [0.15, 0.2) is 21.3 Å². The summed E-state index contributed by atoms with van der Waals surface area (Å²) in [5.74, 6) is 1.12. The van der Waals surface area contributed by atoms with Crippen molar-refractivity contribution in [3.63, 3.8) is 0 Å². The van der Waals surface area contributed by atoms with Crippen molar-refractivity contribution in [2.75, 3.05) is 6.54 Å². The molecule has 0 saturated heterocycles. The summed E-state index contributed by atoms with van der Waals surface area (Å²) in [7, 11) is 0. The molecule has 1 amide bonds. The molecule has 0 unspecified atom stereocenters. The van der Waals surface area contributed by atoms with Gasteiger partial charge in [0.25, 0.3) is 11.5 Å². The number of hydrogen-bond donors (Lipinski definition) is 1. The Morgan fingerprint density at radius 2 is 2.09 bits per heavy atom. The number of carbonyl (C=O) groups excluding carboxylic acids is 1. The molecule has 2 heterocycles. The number of amides is 1. The van der Waals surface area contributed by atoms with Crippen LogP contribution in [0, 0.1) is 13.8 Å². The fourth-order valence-corrected chi connectivity index (χ4v) is 2.99. The standard InChI is InChI=1S/C17H21N3O3/c1-11-9-14(12(2)23-11)17(22)18-7-8-20-16(21)10-13-5-3-4-6-15(13)19-20/h9-10H,3-8H2,1-2H3,(H,18,22). The van der Waals surface area contributed by atoms with Gasteiger partial charge in [-0.15, -0.1) is 0 Å². The van der Waals surface area contributed by atoms with Crippen LogP contribution in [0.25, 0.3) is 0 Å². The smallest absolute Gasteiger partial charge is 0.267 e. The van der Waals surface area contributed by atoms with Gasteiger partial charge in [-0.1, -0.05) is 0 Å². The zero-order valence-corrected chi connectivity index (χ0v) is 13.5. The van der Waals surface area contributed by atoms with Crippen molar-refractivity contribution < 1.29 is 9.21 Å². The lowest BCUT2D eigenvalue weighted by Gasteiger charge is -2.15. The molecule has 1 N–H and O–H groups in total. The third kappa shape index (κ3) is 3.36. The number of nitrogens with one attached hydrogen (secondary N) is 1. The molecule has 1 aliphatic carbocycles. The predicted molar refractivity (Wildman–Crippen MR) is 85.7 cm³/mol. The quantitative estimate of drug-likeness (QED) is 0.932. The van der Waals surface area contributed by atoms with Crippen molar-refractivity contribution in [1.82, 2.24) is 15.1 Å². The fraction of sp³-hybridized carbons (Fsp3) is 0.471. The first-order valence-corrected chi connectivity index (χ1v) is 8.00. The van der Waals surface area contributed by atoms with Gasteiger partial charge in [0, 0.05) is 12.6 Å². The molecule has 122 valence electrons. The number of rotatable bonds is 4. The highest BCUT2D eigenvalue weighted by atomic mass is 16.3. The van der Waals surface area contributed by atoms with Gasteiger partial charge in [-0.2, -0.15) is 5.10 Å². The van der Waals surface area contributed by atoms with Crippen LogP contribution in [0.4, 0.5) is 0 Å². The summed E-state index contributed by atoms with van der Waals surface area (Å²) < 4.78 is 6.80. The number of hydrogen-bond acceptors (Lipinski definition) is 4. The van der Waals surface area contributed by atoms with E-state index in [4.69, 9.17) is 4.42 Å². The monoisotopic (exact) mass is 315 g/mol. The number of nitrogens with zero attached hydrogens (tertiary/aromatic N) is 2. The molecular weight excluding hydrogens is 294 g/mol. The lowest BCUT2D eigenvalue weighted by Crippen LogP contribution is -2.33. The minimum atomic E-state index is -0.189. The van der Waals surface area contributed by atoms with E-state index in [0.29, 0.717) is 30.2 Å². The Kier molecular flexibility index (Phi) is 4.32. The highest BCUT2D eigenvalue weighted by molar-refractivity contribution is 5.95. The molecule has 3 rings (SSSR count). The van der Waals surface area contributed by atoms with Crippen LogP contribution in [-0.4, -0.2) is 22.2 Å². The largest absolute Gasteiger partial charge is 0.466 e. The van der Waals surface area contributed by atoms with Crippen molar-refractivity contribution in [1.29, 1.82) is 0 Å². The predicted octanol–water partition coefficient (Wildman–Crippen LogP) is 1.76. The zero-order valence-electron chi connectivity index (χ0n) is 13.5. The lowest BCUT2D eigenvalue weighted by molar-refractivity contribution is 0.0950. The molecule has 0 saturated carbocycles. The molecule has 0 radical (unpaired) electrons. The summed E-state index contributed by atoms with van der Waals surface area (Å²) >= 11 is 0. The molecule has 2 aromatic heterocycles. The van der Waals surface area contributed by atoms with Crippen molar-refractivity contribution in [2.24, 2.45) is 0 Å². The molecule has 1 aliphatic rings. The Hall–Kier alpha value is -2.37. The number of furan rings is 1. The molecule has 0 bridgehead atoms. The van der Waals surface area contributed by atoms with Crippen LogP contribution in [0.2, 0.25) is 0 Å². The zero-order chi connectivity index (χ0) is 16.4. The van der Waals surface area contributed by atoms with Gasteiger partial charge in [0.15, 0.2) is 0 Å². The van der Waals surface area contributed by atoms with E-state index in [1.165, 1.54) is 4.68 Å². The number of carbonyl (C=O) groups is 1. The average Bonchev–Trinajstić information content (AvgIpc) is 2.86. The summed E-state index contributed by atoms with van der Waals surface area (Å²) in [6.07, 6.45) is 4.11. The summed E-state index contributed by atoms with van der Waals surface area (Å²) in [5.41, 5.74) is 2.53. The molecule has 0 aromatic carbocycles. The van der Waals surface area contributed by atoms with Crippen LogP contribution in [-0.2, 0) is 19.4 Å². The maximum Gasteiger partial charge on any atom is 0.267 e. The van der Waals surface area contributed by atoms with Gasteiger partial charge in [0.05, 0.1) is 17.8 Å². The van der Waals surface area contributed by atoms with Crippen molar-refractivity contribution in [3.8, 4) is 0 Å². The van der Waals surface area contributed by atoms with E-state index >= 15 is 0 Å². The Labute approximate surface area is 134 Å². The topological polar surface area (TPSA) is 77.1 Å². The van der Waals surface area contributed by atoms with E-state index in [1.54, 1.807) is 26.0 Å². The second-order valence-corrected chi connectivity index (χ2v) is 5.97. The van der Waals surface area contributed by atoms with Gasteiger partial charge in [0.2, 0.25) is 0 Å². The summed E-state index contributed by atoms with van der Waals surface area (Å²) in [5, 5.41) is 7.25. The van der Waals surface area contributed by atoms with Gasteiger partial charge in [-0.05, 0) is 51.2 Å². The highest BCUT2D eigenvalue weighted by Crippen LogP contribution is 2.16. The van der Waals surface area contributed by atoms with Gasteiger partial charge in [-0.3, -0.25) is 9.59 Å². The van der Waals surface area contributed by atoms with Gasteiger partial charge < -0.3 is 9.73 Å². The van der Waals surface area contributed by atoms with E-state index in [-0.39, 0.29) is 11.5 Å². The van der Waals surface area contributed by atoms with Crippen molar-refractivity contribution in [3.05, 3.63) is 50.8 Å². The van der Waals surface area contributed by atoms with Gasteiger partial charge in [0.1, 0.15) is 11.5 Å². The van der Waals surface area contributed by atoms with Crippen LogP contribution < -0.4 is 10.9 Å². The molecule has 0 spiro atoms. The minimum absolute atomic E-state index is 0.102. The maximum absolute atomic E-state index is 12.1. The number of fused-ring (bicyclic) bond motifs is 1. The highest BCUT2D eigenvalue weighted by Gasteiger charge is 2.15. The fourth-order valence-electron chi connectivity index (χ4n) is 2.99. The minimum Gasteiger partial charge on any atom is -0.466 e. The Bertz CT molecular complexity index is 789. The van der Waals surface area contributed by atoms with Crippen LogP contribution in [0.5, 0.6) is 0 Å². The first kappa shape index (κ1) is 15.5. The number of aryl methyl sites for hydroxylation is 4. The average molecular weight is 315 g/mol. The second-order valence-electron chi connectivity index (χ2n) is 5.97. The molecule has 23 heavy (non-hydrogen) atoms. The van der Waals surface area contributed by atoms with Gasteiger partial charge in [-0.25, -0.2) is 4.68 Å². The lowest BCUT2D eigenvalue weighted by atomic mass is 9.97. The van der Waals surface area contributed by atoms with E-state index in [2.05, 4.69) is 10.4 Å². The van der Waals surface area contributed by atoms with E-state index in [1.807, 2.05) is 0 Å². The molecule has 0 fully saturated rings. The van der Waals surface area contributed by atoms with Crippen molar-refractivity contribution in [2.45, 2.75) is 46.1 Å². The first-order valence-electron chi connectivity index (χ1n) is 8.00. The second kappa shape index (κ2) is 6.40. The number of aromatic nitrogens is 2. The van der Waals surface area contributed by atoms with E-state index < -0.39 is 0 Å².